The second-order valence-electron chi connectivity index (χ2n) is 8.44. The molecule has 5 nitrogen and oxygen atoms in total. The molecule has 4 rings (SSSR count). The first kappa shape index (κ1) is 18.8. The molecule has 0 amide bonds. The van der Waals surface area contributed by atoms with Gasteiger partial charge in [0.05, 0.1) is 17.1 Å². The molecule has 1 unspecified atom stereocenters. The molecule has 0 bridgehead atoms. The number of nitrogens with zero attached hydrogens (tertiary/aromatic N) is 2. The molecule has 2 fully saturated rings. The van der Waals surface area contributed by atoms with Crippen LogP contribution in [0.25, 0.3) is 11.0 Å². The van der Waals surface area contributed by atoms with Crippen LogP contribution in [-0.4, -0.2) is 35.3 Å². The number of rotatable bonds is 6. The Labute approximate surface area is 162 Å². The normalized spacial score (nSPS) is 21.7. The van der Waals surface area contributed by atoms with Crippen molar-refractivity contribution in [1.82, 2.24) is 19.8 Å². The second kappa shape index (κ2) is 8.61. The maximum atomic E-state index is 13.0. The molecule has 5 heteroatoms. The topological polar surface area (TPSA) is 51.0 Å². The van der Waals surface area contributed by atoms with E-state index in [1.165, 1.54) is 50.8 Å². The summed E-state index contributed by atoms with van der Waals surface area (Å²) in [6, 6.07) is 6.76. The zero-order valence-electron chi connectivity index (χ0n) is 16.7. The van der Waals surface area contributed by atoms with Crippen molar-refractivity contribution >= 4 is 11.0 Å². The second-order valence-corrected chi connectivity index (χ2v) is 8.44. The van der Waals surface area contributed by atoms with E-state index in [0.717, 1.165) is 49.3 Å². The summed E-state index contributed by atoms with van der Waals surface area (Å²) < 4.78 is 3.92. The summed E-state index contributed by atoms with van der Waals surface area (Å²) in [7, 11) is 1.94. The lowest BCUT2D eigenvalue weighted by Gasteiger charge is -2.24. The minimum atomic E-state index is 0.140. The lowest BCUT2D eigenvalue weighted by molar-refractivity contribution is 0.344. The summed E-state index contributed by atoms with van der Waals surface area (Å²) >= 11 is 0. The van der Waals surface area contributed by atoms with Gasteiger partial charge < -0.3 is 10.6 Å². The molecule has 0 aliphatic carbocycles. The first-order chi connectivity index (χ1) is 13.3. The number of piperidine rings is 2. The van der Waals surface area contributed by atoms with Gasteiger partial charge in [0, 0.05) is 13.6 Å². The van der Waals surface area contributed by atoms with Crippen molar-refractivity contribution in [3.8, 4) is 0 Å². The average molecular weight is 371 g/mol. The average Bonchev–Trinajstić information content (AvgIpc) is 2.98. The molecule has 2 aromatic rings. The van der Waals surface area contributed by atoms with Crippen LogP contribution in [0.2, 0.25) is 0 Å². The fourth-order valence-corrected chi connectivity index (χ4v) is 5.05. The molecular weight excluding hydrogens is 336 g/mol. The minimum absolute atomic E-state index is 0.140. The van der Waals surface area contributed by atoms with Gasteiger partial charge in [0.2, 0.25) is 0 Å². The highest BCUT2D eigenvalue weighted by Crippen LogP contribution is 2.26. The number of fused-ring (bicyclic) bond motifs is 1. The van der Waals surface area contributed by atoms with E-state index >= 15 is 0 Å². The van der Waals surface area contributed by atoms with Gasteiger partial charge >= 0.3 is 5.69 Å². The Kier molecular flexibility index (Phi) is 5.98. The van der Waals surface area contributed by atoms with Gasteiger partial charge in [0.15, 0.2) is 0 Å². The van der Waals surface area contributed by atoms with Crippen LogP contribution in [-0.2, 0) is 13.5 Å². The van der Waals surface area contributed by atoms with Crippen LogP contribution in [0.1, 0.15) is 56.6 Å². The highest BCUT2D eigenvalue weighted by molar-refractivity contribution is 5.80. The largest absolute Gasteiger partial charge is 0.329 e. The van der Waals surface area contributed by atoms with Crippen LogP contribution in [0.3, 0.4) is 0 Å². The monoisotopic (exact) mass is 370 g/mol. The molecule has 2 saturated heterocycles. The fourth-order valence-electron chi connectivity index (χ4n) is 5.05. The van der Waals surface area contributed by atoms with Crippen molar-refractivity contribution in [3.63, 3.8) is 0 Å². The molecule has 0 spiro atoms. The number of aromatic nitrogens is 2. The first-order valence-electron chi connectivity index (χ1n) is 10.9. The summed E-state index contributed by atoms with van der Waals surface area (Å²) in [6.45, 7) is 4.35. The highest BCUT2D eigenvalue weighted by atomic mass is 16.1. The van der Waals surface area contributed by atoms with E-state index in [1.54, 1.807) is 0 Å². The van der Waals surface area contributed by atoms with Crippen LogP contribution in [0.5, 0.6) is 0 Å². The zero-order chi connectivity index (χ0) is 18.6. The Balaban J connectivity index is 1.49. The van der Waals surface area contributed by atoms with E-state index in [1.807, 2.05) is 16.2 Å². The van der Waals surface area contributed by atoms with Crippen molar-refractivity contribution in [3.05, 3.63) is 34.2 Å². The summed E-state index contributed by atoms with van der Waals surface area (Å²) in [6.07, 6.45) is 9.84. The number of nitrogens with one attached hydrogen (secondary N) is 2. The molecule has 1 aromatic heterocycles. The molecule has 1 aromatic carbocycles. The van der Waals surface area contributed by atoms with Crippen LogP contribution >= 0.6 is 0 Å². The predicted molar refractivity (Wildman–Crippen MR) is 111 cm³/mol. The van der Waals surface area contributed by atoms with Gasteiger partial charge in [0.1, 0.15) is 0 Å². The van der Waals surface area contributed by atoms with Crippen molar-refractivity contribution in [2.24, 2.45) is 13.0 Å². The molecule has 2 aliphatic rings. The summed E-state index contributed by atoms with van der Waals surface area (Å²) in [5, 5.41) is 6.90. The van der Waals surface area contributed by atoms with E-state index < -0.39 is 0 Å². The fraction of sp³-hybridized carbons (Fsp3) is 0.682. The van der Waals surface area contributed by atoms with Crippen LogP contribution in [0, 0.1) is 5.92 Å². The molecule has 2 N–H and O–H groups in total. The number of benzene rings is 1. The number of unbranched alkanes of at least 4 members (excludes halogenated alkanes) is 1. The molecule has 148 valence electrons. The van der Waals surface area contributed by atoms with Gasteiger partial charge in [-0.1, -0.05) is 25.0 Å². The van der Waals surface area contributed by atoms with Crippen LogP contribution in [0.4, 0.5) is 0 Å². The van der Waals surface area contributed by atoms with E-state index in [0.29, 0.717) is 0 Å². The lowest BCUT2D eigenvalue weighted by Crippen LogP contribution is -2.36. The number of aryl methyl sites for hydroxylation is 2. The minimum Gasteiger partial charge on any atom is -0.317 e. The number of hydrogen-bond donors (Lipinski definition) is 2. The summed E-state index contributed by atoms with van der Waals surface area (Å²) in [5.41, 5.74) is 3.74. The Bertz CT molecular complexity index is 810. The van der Waals surface area contributed by atoms with E-state index in [9.17, 15) is 4.79 Å². The van der Waals surface area contributed by atoms with E-state index in [4.69, 9.17) is 0 Å². The Morgan fingerprint density at radius 2 is 1.93 bits per heavy atom. The number of hydrogen-bond acceptors (Lipinski definition) is 3. The summed E-state index contributed by atoms with van der Waals surface area (Å²) in [4.78, 5) is 13.0. The quantitative estimate of drug-likeness (QED) is 0.769. The molecular formula is C22H34N4O. The standard InChI is InChI=1S/C22H34N4O/c1-25-21-18(7-3-2-6-17-11-14-23-15-12-17)8-4-10-20(21)26(22(25)27)19-9-5-13-24-16-19/h4,8,10,17,19,23-24H,2-3,5-7,9,11-16H2,1H3. The third-order valence-electron chi connectivity index (χ3n) is 6.59. The molecule has 27 heavy (non-hydrogen) atoms. The van der Waals surface area contributed by atoms with Crippen LogP contribution < -0.4 is 16.3 Å². The Hall–Kier alpha value is -1.59. The Morgan fingerprint density at radius 1 is 1.07 bits per heavy atom. The maximum Gasteiger partial charge on any atom is 0.329 e. The van der Waals surface area contributed by atoms with Crippen LogP contribution in [0.15, 0.2) is 23.0 Å². The number of para-hydroxylation sites is 1. The van der Waals surface area contributed by atoms with Crippen molar-refractivity contribution in [1.29, 1.82) is 0 Å². The smallest absolute Gasteiger partial charge is 0.317 e. The molecule has 2 aliphatic heterocycles. The van der Waals surface area contributed by atoms with Gasteiger partial charge in [-0.3, -0.25) is 9.13 Å². The number of imidazole rings is 1. The van der Waals surface area contributed by atoms with Gasteiger partial charge in [0.25, 0.3) is 0 Å². The maximum absolute atomic E-state index is 13.0. The summed E-state index contributed by atoms with van der Waals surface area (Å²) in [5.74, 6) is 0.909. The Morgan fingerprint density at radius 3 is 2.70 bits per heavy atom. The van der Waals surface area contributed by atoms with Gasteiger partial charge in [-0.2, -0.15) is 0 Å². The van der Waals surface area contributed by atoms with Gasteiger partial charge in [-0.25, -0.2) is 4.79 Å². The third-order valence-corrected chi connectivity index (χ3v) is 6.59. The molecule has 1 atom stereocenters. The van der Waals surface area contributed by atoms with Gasteiger partial charge in [-0.15, -0.1) is 0 Å². The highest BCUT2D eigenvalue weighted by Gasteiger charge is 2.22. The third kappa shape index (κ3) is 3.99. The lowest BCUT2D eigenvalue weighted by atomic mass is 9.91. The van der Waals surface area contributed by atoms with Crippen molar-refractivity contribution in [2.75, 3.05) is 26.2 Å². The molecule has 3 heterocycles. The van der Waals surface area contributed by atoms with E-state index in [2.05, 4.69) is 28.8 Å². The van der Waals surface area contributed by atoms with E-state index in [-0.39, 0.29) is 11.7 Å². The first-order valence-corrected chi connectivity index (χ1v) is 10.9. The molecule has 0 radical (unpaired) electrons. The zero-order valence-corrected chi connectivity index (χ0v) is 16.7. The van der Waals surface area contributed by atoms with Crippen molar-refractivity contribution in [2.45, 2.75) is 57.4 Å². The predicted octanol–water partition coefficient (Wildman–Crippen LogP) is 2.98. The van der Waals surface area contributed by atoms with Crippen molar-refractivity contribution < 1.29 is 0 Å². The van der Waals surface area contributed by atoms with Gasteiger partial charge in [-0.05, 0) is 75.7 Å². The SMILES string of the molecule is Cn1c(=O)n(C2CCCNC2)c2cccc(CCCCC3CCNCC3)c21. The molecule has 0 saturated carbocycles.